The van der Waals surface area contributed by atoms with Crippen molar-refractivity contribution in [2.24, 2.45) is 0 Å². The maximum Gasteiger partial charge on any atom is 0.266 e. The van der Waals surface area contributed by atoms with Crippen LogP contribution in [0.5, 0.6) is 0 Å². The molecule has 1 atom stereocenters. The predicted octanol–water partition coefficient (Wildman–Crippen LogP) is 4.98. The molecule has 0 N–H and O–H groups in total. The van der Waals surface area contributed by atoms with Gasteiger partial charge >= 0.3 is 0 Å². The van der Waals surface area contributed by atoms with Crippen LogP contribution in [0.15, 0.2) is 58.9 Å². The highest BCUT2D eigenvalue weighted by Crippen LogP contribution is 2.36. The molecule has 0 aliphatic carbocycles. The molecule has 0 bridgehead atoms. The highest BCUT2D eigenvalue weighted by atomic mass is 32.2. The van der Waals surface area contributed by atoms with Gasteiger partial charge in [-0.25, -0.2) is 4.68 Å². The molecule has 0 saturated carbocycles. The van der Waals surface area contributed by atoms with Crippen LogP contribution in [0.2, 0.25) is 0 Å². The summed E-state index contributed by atoms with van der Waals surface area (Å²) >= 11 is 8.47. The Morgan fingerprint density at radius 1 is 1.23 bits per heavy atom. The number of hydrogen-bond donors (Lipinski definition) is 0. The first-order chi connectivity index (χ1) is 14.7. The predicted molar refractivity (Wildman–Crippen MR) is 126 cm³/mol. The van der Waals surface area contributed by atoms with Gasteiger partial charge in [0.25, 0.3) is 5.91 Å². The lowest BCUT2D eigenvalue weighted by Gasteiger charge is -2.18. The van der Waals surface area contributed by atoms with Gasteiger partial charge in [0.1, 0.15) is 10.0 Å². The molecule has 2 aromatic heterocycles. The Labute approximate surface area is 188 Å². The van der Waals surface area contributed by atoms with Gasteiger partial charge in [0.05, 0.1) is 28.1 Å². The first-order valence-corrected chi connectivity index (χ1v) is 11.9. The zero-order valence-electron chi connectivity index (χ0n) is 16.1. The van der Waals surface area contributed by atoms with Gasteiger partial charge < -0.3 is 4.74 Å². The second-order valence-corrected chi connectivity index (χ2v) is 9.74. The van der Waals surface area contributed by atoms with Crippen molar-refractivity contribution in [2.75, 3.05) is 13.2 Å². The van der Waals surface area contributed by atoms with E-state index in [1.807, 2.05) is 64.8 Å². The van der Waals surface area contributed by atoms with Crippen LogP contribution in [0.1, 0.15) is 18.4 Å². The summed E-state index contributed by atoms with van der Waals surface area (Å²) in [5.74, 6) is -0.0508. The molecule has 0 radical (unpaired) electrons. The molecule has 0 spiro atoms. The maximum absolute atomic E-state index is 13.1. The molecule has 1 unspecified atom stereocenters. The number of nitrogens with zero attached hydrogens (tertiary/aromatic N) is 3. The highest BCUT2D eigenvalue weighted by molar-refractivity contribution is 8.26. The Bertz CT molecular complexity index is 1100. The number of para-hydroxylation sites is 1. The highest BCUT2D eigenvalue weighted by Gasteiger charge is 2.35. The van der Waals surface area contributed by atoms with Gasteiger partial charge in [0.2, 0.25) is 0 Å². The molecule has 8 heteroatoms. The normalized spacial score (nSPS) is 20.6. The van der Waals surface area contributed by atoms with Crippen LogP contribution >= 0.6 is 35.3 Å². The van der Waals surface area contributed by atoms with E-state index in [0.717, 1.165) is 41.3 Å². The Kier molecular flexibility index (Phi) is 5.56. The average Bonchev–Trinajstić information content (AvgIpc) is 3.55. The fraction of sp³-hybridized carbons (Fsp3) is 0.227. The number of thioether (sulfide) groups is 1. The number of amides is 1. The number of aromatic nitrogens is 2. The summed E-state index contributed by atoms with van der Waals surface area (Å²) in [6.07, 6.45) is 5.97. The van der Waals surface area contributed by atoms with Crippen molar-refractivity contribution < 1.29 is 9.53 Å². The number of carbonyl (C=O) groups excluding carboxylic acids is 1. The minimum Gasteiger partial charge on any atom is -0.376 e. The number of rotatable bonds is 5. The summed E-state index contributed by atoms with van der Waals surface area (Å²) in [5.41, 5.74) is 2.73. The molecule has 2 fully saturated rings. The van der Waals surface area contributed by atoms with Crippen LogP contribution in [0.4, 0.5) is 0 Å². The first kappa shape index (κ1) is 19.7. The third-order valence-electron chi connectivity index (χ3n) is 5.09. The Hall–Kier alpha value is -2.26. The summed E-state index contributed by atoms with van der Waals surface area (Å²) in [5, 5.41) is 6.84. The van der Waals surface area contributed by atoms with Gasteiger partial charge in [-0.2, -0.15) is 5.10 Å². The van der Waals surface area contributed by atoms with E-state index < -0.39 is 0 Å². The van der Waals surface area contributed by atoms with Crippen molar-refractivity contribution in [3.05, 3.63) is 64.5 Å². The van der Waals surface area contributed by atoms with Crippen molar-refractivity contribution in [3.63, 3.8) is 0 Å². The maximum atomic E-state index is 13.1. The molecular formula is C22H19N3O2S3. The van der Waals surface area contributed by atoms with Crippen LogP contribution < -0.4 is 0 Å². The largest absolute Gasteiger partial charge is 0.376 e. The molecule has 5 rings (SSSR count). The van der Waals surface area contributed by atoms with E-state index in [1.165, 1.54) is 11.8 Å². The Morgan fingerprint density at radius 3 is 2.83 bits per heavy atom. The summed E-state index contributed by atoms with van der Waals surface area (Å²) in [6, 6.07) is 14.0. The number of benzene rings is 1. The van der Waals surface area contributed by atoms with Gasteiger partial charge in [-0.3, -0.25) is 9.69 Å². The third kappa shape index (κ3) is 3.88. The molecule has 30 heavy (non-hydrogen) atoms. The zero-order valence-corrected chi connectivity index (χ0v) is 18.5. The molecule has 152 valence electrons. The van der Waals surface area contributed by atoms with Gasteiger partial charge in [-0.15, -0.1) is 11.3 Å². The average molecular weight is 454 g/mol. The van der Waals surface area contributed by atoms with E-state index in [1.54, 1.807) is 16.2 Å². The molecule has 4 heterocycles. The lowest BCUT2D eigenvalue weighted by Crippen LogP contribution is -2.35. The van der Waals surface area contributed by atoms with E-state index in [4.69, 9.17) is 22.1 Å². The summed E-state index contributed by atoms with van der Waals surface area (Å²) in [6.45, 7) is 1.29. The van der Waals surface area contributed by atoms with Crippen LogP contribution in [-0.4, -0.2) is 44.2 Å². The molecule has 5 nitrogen and oxygen atoms in total. The number of carbonyl (C=O) groups is 1. The van der Waals surface area contributed by atoms with E-state index in [2.05, 4.69) is 0 Å². The quantitative estimate of drug-likeness (QED) is 0.403. The molecule has 2 aliphatic rings. The Balaban J connectivity index is 1.49. The lowest BCUT2D eigenvalue weighted by atomic mass is 10.2. The zero-order chi connectivity index (χ0) is 20.5. The van der Waals surface area contributed by atoms with E-state index in [-0.39, 0.29) is 12.0 Å². The molecular weight excluding hydrogens is 434 g/mol. The fourth-order valence-corrected chi connectivity index (χ4v) is 5.60. The molecule has 1 amide bonds. The van der Waals surface area contributed by atoms with Crippen LogP contribution in [0.3, 0.4) is 0 Å². The van der Waals surface area contributed by atoms with Gasteiger partial charge in [0, 0.05) is 18.4 Å². The topological polar surface area (TPSA) is 47.4 Å². The fourth-order valence-electron chi connectivity index (χ4n) is 3.60. The van der Waals surface area contributed by atoms with Crippen LogP contribution in [0.25, 0.3) is 22.3 Å². The van der Waals surface area contributed by atoms with Gasteiger partial charge in [0.15, 0.2) is 0 Å². The lowest BCUT2D eigenvalue weighted by molar-refractivity contribution is -0.123. The summed E-state index contributed by atoms with van der Waals surface area (Å²) in [7, 11) is 0. The third-order valence-corrected chi connectivity index (χ3v) is 7.34. The standard InChI is InChI=1S/C22H19N3O2S3/c26-21-19(30-22(28)24(21)14-17-8-4-10-27-17)12-15-13-25(16-6-2-1-3-7-16)23-20(15)18-9-5-11-29-18/h1-3,5-7,9,11-13,17H,4,8,10,14H2/b19-12-. The second-order valence-electron chi connectivity index (χ2n) is 7.12. The summed E-state index contributed by atoms with van der Waals surface area (Å²) in [4.78, 5) is 16.4. The van der Waals surface area contributed by atoms with E-state index in [0.29, 0.717) is 15.8 Å². The van der Waals surface area contributed by atoms with Crippen molar-refractivity contribution in [2.45, 2.75) is 18.9 Å². The van der Waals surface area contributed by atoms with Crippen LogP contribution in [-0.2, 0) is 9.53 Å². The number of ether oxygens (including phenoxy) is 1. The first-order valence-electron chi connectivity index (χ1n) is 9.75. The second kappa shape index (κ2) is 8.47. The Morgan fingerprint density at radius 2 is 2.10 bits per heavy atom. The van der Waals surface area contributed by atoms with E-state index >= 15 is 0 Å². The van der Waals surface area contributed by atoms with Crippen molar-refractivity contribution in [3.8, 4) is 16.3 Å². The van der Waals surface area contributed by atoms with Crippen molar-refractivity contribution in [1.82, 2.24) is 14.7 Å². The van der Waals surface area contributed by atoms with Crippen molar-refractivity contribution in [1.29, 1.82) is 0 Å². The molecule has 1 aromatic carbocycles. The van der Waals surface area contributed by atoms with Crippen LogP contribution in [0, 0.1) is 0 Å². The monoisotopic (exact) mass is 453 g/mol. The summed E-state index contributed by atoms with van der Waals surface area (Å²) < 4.78 is 8.14. The SMILES string of the molecule is O=C1/C(=C/c2cn(-c3ccccc3)nc2-c2cccs2)SC(=S)N1CC1CCCO1. The molecule has 2 aliphatic heterocycles. The minimum atomic E-state index is -0.0508. The number of thiophene rings is 1. The smallest absolute Gasteiger partial charge is 0.266 e. The number of hydrogen-bond acceptors (Lipinski definition) is 6. The number of thiocarbonyl (C=S) groups is 1. The molecule has 2 saturated heterocycles. The minimum absolute atomic E-state index is 0.0508. The van der Waals surface area contributed by atoms with E-state index in [9.17, 15) is 4.79 Å². The molecule has 3 aromatic rings. The van der Waals surface area contributed by atoms with Gasteiger partial charge in [-0.05, 0) is 42.5 Å². The van der Waals surface area contributed by atoms with Crippen molar-refractivity contribution >= 4 is 51.6 Å². The van der Waals surface area contributed by atoms with Gasteiger partial charge in [-0.1, -0.05) is 48.2 Å².